The Morgan fingerprint density at radius 3 is 2.29 bits per heavy atom. The zero-order valence-electron chi connectivity index (χ0n) is 19.2. The molecule has 1 unspecified atom stereocenters. The number of nitrogens with one attached hydrogen (secondary N) is 1. The van der Waals surface area contributed by atoms with Crippen molar-refractivity contribution in [1.82, 2.24) is 10.2 Å². The van der Waals surface area contributed by atoms with E-state index in [0.29, 0.717) is 5.75 Å². The van der Waals surface area contributed by atoms with Crippen LogP contribution in [0.2, 0.25) is 0 Å². The van der Waals surface area contributed by atoms with E-state index in [9.17, 15) is 19.5 Å². The molecule has 0 spiro atoms. The zero-order valence-corrected chi connectivity index (χ0v) is 20.1. The molecule has 0 saturated heterocycles. The molecule has 0 fully saturated rings. The minimum absolute atomic E-state index is 0.0644. The fraction of sp³-hybridized carbons (Fsp3) is 0.346. The Morgan fingerprint density at radius 1 is 1.12 bits per heavy atom. The van der Waals surface area contributed by atoms with Crippen LogP contribution in [0.15, 0.2) is 48.5 Å². The highest BCUT2D eigenvalue weighted by Gasteiger charge is 2.31. The third-order valence-electron chi connectivity index (χ3n) is 5.62. The average molecular weight is 481 g/mol. The summed E-state index contributed by atoms with van der Waals surface area (Å²) in [5.41, 5.74) is 4.42. The lowest BCUT2D eigenvalue weighted by Gasteiger charge is -2.25. The first-order valence-corrected chi connectivity index (χ1v) is 12.4. The second-order valence-electron chi connectivity index (χ2n) is 7.80. The van der Waals surface area contributed by atoms with Crippen LogP contribution in [0.5, 0.6) is 0 Å². The number of nitrogens with zero attached hydrogens (tertiary/aromatic N) is 1. The van der Waals surface area contributed by atoms with Crippen LogP contribution in [0, 0.1) is 11.8 Å². The molecule has 0 bridgehead atoms. The molecule has 7 nitrogen and oxygen atoms in total. The minimum Gasteiger partial charge on any atom is -0.480 e. The molecule has 34 heavy (non-hydrogen) atoms. The summed E-state index contributed by atoms with van der Waals surface area (Å²) < 4.78 is 5.55. The third kappa shape index (κ3) is 6.12. The Kier molecular flexibility index (Phi) is 9.00. The predicted molar refractivity (Wildman–Crippen MR) is 133 cm³/mol. The van der Waals surface area contributed by atoms with Crippen molar-refractivity contribution in [1.29, 1.82) is 0 Å². The Balaban J connectivity index is 1.70. The summed E-state index contributed by atoms with van der Waals surface area (Å²) in [6.07, 6.45) is 1.20. The molecule has 0 heterocycles. The summed E-state index contributed by atoms with van der Waals surface area (Å²) in [4.78, 5) is 38.2. The smallest absolute Gasteiger partial charge is 0.407 e. The number of hydrogen-bond donors (Lipinski definition) is 2. The number of hydrogen-bond acceptors (Lipinski definition) is 5. The molecule has 8 heteroatoms. The SMILES string of the molecule is CC#CCC(NC(=O)OCC1c2ccccc2-c2ccccc21)C(=O)N(CCSC)CC(=O)O. The van der Waals surface area contributed by atoms with E-state index in [2.05, 4.69) is 29.3 Å². The van der Waals surface area contributed by atoms with Crippen LogP contribution >= 0.6 is 11.8 Å². The van der Waals surface area contributed by atoms with Gasteiger partial charge in [-0.2, -0.15) is 11.8 Å². The van der Waals surface area contributed by atoms with Crippen molar-refractivity contribution in [2.45, 2.75) is 25.3 Å². The van der Waals surface area contributed by atoms with Crippen LogP contribution in [0.1, 0.15) is 30.4 Å². The number of fused-ring (bicyclic) bond motifs is 3. The number of carbonyl (C=O) groups is 3. The van der Waals surface area contributed by atoms with Gasteiger partial charge in [0.25, 0.3) is 0 Å². The number of carboxylic acid groups (broad SMARTS) is 1. The summed E-state index contributed by atoms with van der Waals surface area (Å²) in [5, 5.41) is 11.8. The molecule has 178 valence electrons. The van der Waals surface area contributed by atoms with Crippen molar-refractivity contribution in [2.24, 2.45) is 0 Å². The van der Waals surface area contributed by atoms with Crippen molar-refractivity contribution in [2.75, 3.05) is 31.7 Å². The van der Waals surface area contributed by atoms with E-state index in [1.807, 2.05) is 42.7 Å². The number of rotatable bonds is 10. The summed E-state index contributed by atoms with van der Waals surface area (Å²) in [6, 6.07) is 15.1. The number of carbonyl (C=O) groups excluding carboxylic acids is 2. The average Bonchev–Trinajstić information content (AvgIpc) is 3.16. The van der Waals surface area contributed by atoms with Gasteiger partial charge < -0.3 is 20.1 Å². The van der Waals surface area contributed by atoms with Crippen molar-refractivity contribution in [3.8, 4) is 23.0 Å². The molecule has 0 radical (unpaired) electrons. The largest absolute Gasteiger partial charge is 0.480 e. The highest BCUT2D eigenvalue weighted by atomic mass is 32.2. The molecule has 2 amide bonds. The number of benzene rings is 2. The number of thioether (sulfide) groups is 1. The molecular formula is C26H28N2O5S. The van der Waals surface area contributed by atoms with E-state index < -0.39 is 30.6 Å². The number of amides is 2. The molecule has 0 saturated carbocycles. The van der Waals surface area contributed by atoms with Gasteiger partial charge in [-0.05, 0) is 35.4 Å². The van der Waals surface area contributed by atoms with Crippen LogP contribution < -0.4 is 5.32 Å². The Hall–Kier alpha value is -3.44. The normalized spacial score (nSPS) is 12.5. The van der Waals surface area contributed by atoms with Gasteiger partial charge in [-0.25, -0.2) is 4.79 Å². The third-order valence-corrected chi connectivity index (χ3v) is 6.21. The fourth-order valence-corrected chi connectivity index (χ4v) is 4.44. The van der Waals surface area contributed by atoms with E-state index in [1.165, 1.54) is 16.7 Å². The first-order chi connectivity index (χ1) is 16.5. The molecule has 1 aliphatic rings. The highest BCUT2D eigenvalue weighted by Crippen LogP contribution is 2.44. The van der Waals surface area contributed by atoms with Gasteiger partial charge in [0.05, 0.1) is 0 Å². The van der Waals surface area contributed by atoms with Gasteiger partial charge in [-0.15, -0.1) is 11.8 Å². The van der Waals surface area contributed by atoms with Crippen molar-refractivity contribution in [3.05, 3.63) is 59.7 Å². The van der Waals surface area contributed by atoms with Crippen molar-refractivity contribution in [3.63, 3.8) is 0 Å². The molecule has 0 aromatic heterocycles. The Bertz CT molecular complexity index is 1060. The molecule has 2 aromatic carbocycles. The van der Waals surface area contributed by atoms with Crippen LogP contribution in [-0.2, 0) is 14.3 Å². The fourth-order valence-electron chi connectivity index (χ4n) is 4.04. The van der Waals surface area contributed by atoms with E-state index in [1.54, 1.807) is 6.92 Å². The van der Waals surface area contributed by atoms with Crippen LogP contribution in [0.3, 0.4) is 0 Å². The Labute approximate surface area is 203 Å². The monoisotopic (exact) mass is 480 g/mol. The van der Waals surface area contributed by atoms with Crippen LogP contribution in [0.4, 0.5) is 4.79 Å². The maximum absolute atomic E-state index is 13.0. The summed E-state index contributed by atoms with van der Waals surface area (Å²) in [6.45, 7) is 1.57. The van der Waals surface area contributed by atoms with Crippen molar-refractivity contribution >= 4 is 29.7 Å². The van der Waals surface area contributed by atoms with Gasteiger partial charge in [-0.3, -0.25) is 9.59 Å². The van der Waals surface area contributed by atoms with Crippen LogP contribution in [0.25, 0.3) is 11.1 Å². The number of alkyl carbamates (subject to hydrolysis) is 1. The molecule has 3 rings (SSSR count). The number of carboxylic acids is 1. The second kappa shape index (κ2) is 12.1. The maximum atomic E-state index is 13.0. The molecule has 1 aliphatic carbocycles. The lowest BCUT2D eigenvalue weighted by molar-refractivity contribution is -0.145. The summed E-state index contributed by atoms with van der Waals surface area (Å²) in [7, 11) is 0. The molecule has 2 N–H and O–H groups in total. The van der Waals surface area contributed by atoms with Gasteiger partial charge in [0.2, 0.25) is 5.91 Å². The van der Waals surface area contributed by atoms with Gasteiger partial charge in [0.15, 0.2) is 0 Å². The van der Waals surface area contributed by atoms with Gasteiger partial charge in [0, 0.05) is 24.6 Å². The van der Waals surface area contributed by atoms with Gasteiger partial charge in [0.1, 0.15) is 19.2 Å². The summed E-state index contributed by atoms with van der Waals surface area (Å²) in [5.74, 6) is 4.38. The molecule has 0 aliphatic heterocycles. The highest BCUT2D eigenvalue weighted by molar-refractivity contribution is 7.98. The second-order valence-corrected chi connectivity index (χ2v) is 8.79. The number of ether oxygens (including phenoxy) is 1. The van der Waals surface area contributed by atoms with E-state index in [-0.39, 0.29) is 25.5 Å². The Morgan fingerprint density at radius 2 is 1.74 bits per heavy atom. The predicted octanol–water partition coefficient (Wildman–Crippen LogP) is 3.58. The van der Waals surface area contributed by atoms with Gasteiger partial charge in [-0.1, -0.05) is 48.5 Å². The molecule has 2 aromatic rings. The summed E-state index contributed by atoms with van der Waals surface area (Å²) >= 11 is 1.50. The van der Waals surface area contributed by atoms with E-state index in [4.69, 9.17) is 4.74 Å². The standard InChI is InChI=1S/C26H28N2O5S/c1-3-4-13-23(25(31)28(14-15-34-2)16-24(29)30)27-26(32)33-17-22-20-11-7-5-9-18(20)19-10-6-8-12-21(19)22/h5-12,22-23H,13-17H2,1-2H3,(H,27,32)(H,29,30). The van der Waals surface area contributed by atoms with Crippen molar-refractivity contribution < 1.29 is 24.2 Å². The lowest BCUT2D eigenvalue weighted by Crippen LogP contribution is -2.50. The topological polar surface area (TPSA) is 95.9 Å². The lowest BCUT2D eigenvalue weighted by atomic mass is 9.98. The quantitative estimate of drug-likeness (QED) is 0.505. The minimum atomic E-state index is -1.11. The van der Waals surface area contributed by atoms with E-state index >= 15 is 0 Å². The van der Waals surface area contributed by atoms with Gasteiger partial charge >= 0.3 is 12.1 Å². The number of aliphatic carboxylic acids is 1. The van der Waals surface area contributed by atoms with Crippen LogP contribution in [-0.4, -0.2) is 65.7 Å². The molecular weight excluding hydrogens is 452 g/mol. The van der Waals surface area contributed by atoms with E-state index in [0.717, 1.165) is 22.3 Å². The first-order valence-electron chi connectivity index (χ1n) is 11.0. The molecule has 1 atom stereocenters. The zero-order chi connectivity index (χ0) is 24.5. The maximum Gasteiger partial charge on any atom is 0.407 e. The first kappa shape index (κ1) is 25.2.